The maximum absolute atomic E-state index is 6.19. The Balaban J connectivity index is 2.06. The van der Waals surface area contributed by atoms with E-state index in [1.807, 2.05) is 24.4 Å². The summed E-state index contributed by atoms with van der Waals surface area (Å²) in [6, 6.07) is 6.21. The van der Waals surface area contributed by atoms with E-state index in [-0.39, 0.29) is 0 Å². The first-order valence-corrected chi connectivity index (χ1v) is 7.41. The maximum atomic E-state index is 6.19. The molecule has 112 valence electrons. The van der Waals surface area contributed by atoms with E-state index in [1.54, 1.807) is 19.5 Å². The Morgan fingerprint density at radius 3 is 2.71 bits per heavy atom. The quantitative estimate of drug-likeness (QED) is 0.854. The molecule has 1 N–H and O–H groups in total. The summed E-state index contributed by atoms with van der Waals surface area (Å²) in [7, 11) is 1.62. The summed E-state index contributed by atoms with van der Waals surface area (Å²) in [5, 5.41) is 4.21. The molecule has 21 heavy (non-hydrogen) atoms. The number of hydrogen-bond acceptors (Lipinski definition) is 4. The van der Waals surface area contributed by atoms with Crippen molar-refractivity contribution >= 4 is 11.6 Å². The molecule has 0 radical (unpaired) electrons. The first-order chi connectivity index (χ1) is 10.2. The average molecular weight is 306 g/mol. The average Bonchev–Trinajstić information content (AvgIpc) is 2.50. The van der Waals surface area contributed by atoms with Gasteiger partial charge in [-0.25, -0.2) is 4.98 Å². The van der Waals surface area contributed by atoms with Gasteiger partial charge in [-0.2, -0.15) is 0 Å². The van der Waals surface area contributed by atoms with Crippen molar-refractivity contribution in [2.75, 3.05) is 13.7 Å². The van der Waals surface area contributed by atoms with E-state index < -0.39 is 0 Å². The second-order valence-corrected chi connectivity index (χ2v) is 5.25. The number of aromatic nitrogens is 2. The molecule has 0 saturated carbocycles. The Bertz CT molecular complexity index is 560. The van der Waals surface area contributed by atoms with Crippen molar-refractivity contribution in [1.29, 1.82) is 0 Å². The second-order valence-electron chi connectivity index (χ2n) is 4.84. The molecule has 0 aliphatic heterocycles. The monoisotopic (exact) mass is 305 g/mol. The van der Waals surface area contributed by atoms with Crippen molar-refractivity contribution in [1.82, 2.24) is 15.3 Å². The Kier molecular flexibility index (Phi) is 5.96. The number of nitrogens with one attached hydrogen (secondary N) is 1. The molecule has 0 aliphatic rings. The van der Waals surface area contributed by atoms with Crippen LogP contribution in [0.25, 0.3) is 0 Å². The van der Waals surface area contributed by atoms with Gasteiger partial charge < -0.3 is 10.1 Å². The number of halogens is 1. The van der Waals surface area contributed by atoms with Crippen molar-refractivity contribution in [3.63, 3.8) is 0 Å². The van der Waals surface area contributed by atoms with Crippen molar-refractivity contribution in [3.8, 4) is 5.88 Å². The molecule has 2 aromatic rings. The topological polar surface area (TPSA) is 47.0 Å². The largest absolute Gasteiger partial charge is 0.481 e. The van der Waals surface area contributed by atoms with Crippen LogP contribution in [0.5, 0.6) is 5.88 Å². The second kappa shape index (κ2) is 7.96. The molecular weight excluding hydrogens is 286 g/mol. The van der Waals surface area contributed by atoms with Gasteiger partial charge in [-0.15, -0.1) is 0 Å². The van der Waals surface area contributed by atoms with Crippen LogP contribution in [0.3, 0.4) is 0 Å². The summed E-state index contributed by atoms with van der Waals surface area (Å²) >= 11 is 6.19. The van der Waals surface area contributed by atoms with E-state index in [2.05, 4.69) is 22.2 Å². The molecule has 0 amide bonds. The summed E-state index contributed by atoms with van der Waals surface area (Å²) in [6.07, 6.45) is 7.08. The van der Waals surface area contributed by atoms with Gasteiger partial charge in [-0.1, -0.05) is 24.6 Å². The zero-order chi connectivity index (χ0) is 15.1. The molecule has 0 saturated heterocycles. The molecule has 0 spiro atoms. The molecule has 2 aromatic heterocycles. The standard InChI is InChI=1S/C16H20ClN3O/c1-3-19-14(9-13-6-7-18-11-15(13)17)8-12-4-5-16(21-2)20-10-12/h4-7,10-11,14,19H,3,8-9H2,1-2H3. The van der Waals surface area contributed by atoms with Gasteiger partial charge >= 0.3 is 0 Å². The Labute approximate surface area is 130 Å². The molecule has 5 heteroatoms. The Morgan fingerprint density at radius 1 is 1.24 bits per heavy atom. The number of ether oxygens (including phenoxy) is 1. The first kappa shape index (κ1) is 15.7. The van der Waals surface area contributed by atoms with Gasteiger partial charge in [-0.3, -0.25) is 4.98 Å². The molecule has 4 nitrogen and oxygen atoms in total. The third kappa shape index (κ3) is 4.69. The minimum absolute atomic E-state index is 0.310. The number of pyridine rings is 2. The number of likely N-dealkylation sites (N-methyl/N-ethyl adjacent to an activating group) is 1. The van der Waals surface area contributed by atoms with Crippen LogP contribution in [0, 0.1) is 0 Å². The lowest BCUT2D eigenvalue weighted by atomic mass is 10.0. The molecule has 1 atom stereocenters. The lowest BCUT2D eigenvalue weighted by Crippen LogP contribution is -2.33. The van der Waals surface area contributed by atoms with E-state index in [0.717, 1.165) is 24.9 Å². The van der Waals surface area contributed by atoms with Crippen LogP contribution in [-0.2, 0) is 12.8 Å². The SMILES string of the molecule is CCNC(Cc1ccc(OC)nc1)Cc1ccncc1Cl. The molecule has 0 aliphatic carbocycles. The van der Waals surface area contributed by atoms with E-state index in [9.17, 15) is 0 Å². The minimum Gasteiger partial charge on any atom is -0.481 e. The highest BCUT2D eigenvalue weighted by molar-refractivity contribution is 6.31. The van der Waals surface area contributed by atoms with Crippen LogP contribution in [-0.4, -0.2) is 29.7 Å². The predicted molar refractivity (Wildman–Crippen MR) is 84.9 cm³/mol. The predicted octanol–water partition coefficient (Wildman–Crippen LogP) is 2.90. The molecule has 1 unspecified atom stereocenters. The van der Waals surface area contributed by atoms with Crippen LogP contribution in [0.15, 0.2) is 36.8 Å². The van der Waals surface area contributed by atoms with Crippen molar-refractivity contribution < 1.29 is 4.74 Å². The zero-order valence-corrected chi connectivity index (χ0v) is 13.1. The number of methoxy groups -OCH3 is 1. The highest BCUT2D eigenvalue weighted by atomic mass is 35.5. The van der Waals surface area contributed by atoms with Crippen molar-refractivity contribution in [2.45, 2.75) is 25.8 Å². The van der Waals surface area contributed by atoms with Gasteiger partial charge in [0.25, 0.3) is 0 Å². The molecule has 0 aromatic carbocycles. The van der Waals surface area contributed by atoms with Gasteiger partial charge in [0.2, 0.25) is 5.88 Å². The van der Waals surface area contributed by atoms with Crippen LogP contribution in [0.1, 0.15) is 18.1 Å². The van der Waals surface area contributed by atoms with Gasteiger partial charge in [0, 0.05) is 30.7 Å². The molecular formula is C16H20ClN3O. The van der Waals surface area contributed by atoms with Gasteiger partial charge in [-0.05, 0) is 36.6 Å². The Hall–Kier alpha value is -1.65. The van der Waals surface area contributed by atoms with Crippen LogP contribution < -0.4 is 10.1 Å². The normalized spacial score (nSPS) is 12.1. The fraction of sp³-hybridized carbons (Fsp3) is 0.375. The van der Waals surface area contributed by atoms with Gasteiger partial charge in [0.1, 0.15) is 0 Å². The van der Waals surface area contributed by atoms with E-state index in [1.165, 1.54) is 5.56 Å². The third-order valence-electron chi connectivity index (χ3n) is 3.30. The first-order valence-electron chi connectivity index (χ1n) is 7.03. The van der Waals surface area contributed by atoms with Gasteiger partial charge in [0.15, 0.2) is 0 Å². The van der Waals surface area contributed by atoms with Crippen molar-refractivity contribution in [2.24, 2.45) is 0 Å². The minimum atomic E-state index is 0.310. The third-order valence-corrected chi connectivity index (χ3v) is 3.64. The summed E-state index contributed by atoms with van der Waals surface area (Å²) in [5.74, 6) is 0.635. The maximum Gasteiger partial charge on any atom is 0.212 e. The molecule has 0 fully saturated rings. The van der Waals surface area contributed by atoms with E-state index in [0.29, 0.717) is 16.9 Å². The Morgan fingerprint density at radius 2 is 2.10 bits per heavy atom. The fourth-order valence-corrected chi connectivity index (χ4v) is 2.47. The number of rotatable bonds is 7. The van der Waals surface area contributed by atoms with Crippen LogP contribution in [0.4, 0.5) is 0 Å². The lowest BCUT2D eigenvalue weighted by Gasteiger charge is -2.18. The summed E-state index contributed by atoms with van der Waals surface area (Å²) in [5.41, 5.74) is 2.28. The molecule has 2 heterocycles. The highest BCUT2D eigenvalue weighted by Crippen LogP contribution is 2.17. The van der Waals surface area contributed by atoms with E-state index >= 15 is 0 Å². The van der Waals surface area contributed by atoms with E-state index in [4.69, 9.17) is 16.3 Å². The summed E-state index contributed by atoms with van der Waals surface area (Å²) < 4.78 is 5.08. The van der Waals surface area contributed by atoms with Gasteiger partial charge in [0.05, 0.1) is 12.1 Å². The van der Waals surface area contributed by atoms with Crippen molar-refractivity contribution in [3.05, 3.63) is 52.9 Å². The van der Waals surface area contributed by atoms with Crippen LogP contribution >= 0.6 is 11.6 Å². The molecule has 2 rings (SSSR count). The number of nitrogens with zero attached hydrogens (tertiary/aromatic N) is 2. The summed E-state index contributed by atoms with van der Waals surface area (Å²) in [4.78, 5) is 8.27. The zero-order valence-electron chi connectivity index (χ0n) is 12.3. The van der Waals surface area contributed by atoms with Crippen LogP contribution in [0.2, 0.25) is 5.02 Å². The highest BCUT2D eigenvalue weighted by Gasteiger charge is 2.12. The fourth-order valence-electron chi connectivity index (χ4n) is 2.28. The number of hydrogen-bond donors (Lipinski definition) is 1. The summed E-state index contributed by atoms with van der Waals surface area (Å²) in [6.45, 7) is 3.02. The lowest BCUT2D eigenvalue weighted by molar-refractivity contribution is 0.397. The molecule has 0 bridgehead atoms. The smallest absolute Gasteiger partial charge is 0.212 e.